The summed E-state index contributed by atoms with van der Waals surface area (Å²) in [6, 6.07) is 3.19. The van der Waals surface area contributed by atoms with Crippen molar-refractivity contribution >= 4 is 45.2 Å². The summed E-state index contributed by atoms with van der Waals surface area (Å²) < 4.78 is 0. The standard InChI is InChI=1S/C21H33N5O5S2/c1-14(27)17(13-32-33-18-8-4-6-12-24-18)26-21(31)16(7-3-5-11-22)25-20(30)15(23-2)9-10-19(28)29/h4,6,8,12,15-17,23H,3,5,7,9-11,13,22H2,1-2H3,(H,25,30)(H,26,31)(H,28,29). The number of carbonyl (C=O) groups is 4. The van der Waals surface area contributed by atoms with Crippen LogP contribution in [0.3, 0.4) is 0 Å². The van der Waals surface area contributed by atoms with E-state index in [-0.39, 0.29) is 18.6 Å². The van der Waals surface area contributed by atoms with Crippen LogP contribution in [0.4, 0.5) is 0 Å². The average molecular weight is 500 g/mol. The summed E-state index contributed by atoms with van der Waals surface area (Å²) in [7, 11) is 4.35. The summed E-state index contributed by atoms with van der Waals surface area (Å²) in [5, 5.41) is 19.7. The molecule has 0 bridgehead atoms. The first-order valence-corrected chi connectivity index (χ1v) is 13.1. The molecule has 1 heterocycles. The number of hydrogen-bond donors (Lipinski definition) is 4. The van der Waals surface area contributed by atoms with Gasteiger partial charge in [0.2, 0.25) is 11.8 Å². The second-order valence-corrected chi connectivity index (χ2v) is 9.73. The van der Waals surface area contributed by atoms with Crippen LogP contribution < -0.4 is 26.8 Å². The molecule has 2 amide bonds. The van der Waals surface area contributed by atoms with E-state index < -0.39 is 35.9 Å². The number of rotatable bonds is 17. The van der Waals surface area contributed by atoms with Crippen molar-refractivity contribution in [3.05, 3.63) is 24.4 Å². The van der Waals surface area contributed by atoms with Gasteiger partial charge in [-0.1, -0.05) is 16.9 Å². The molecule has 0 aliphatic carbocycles. The second-order valence-electron chi connectivity index (χ2n) is 7.37. The SMILES string of the molecule is CNC(CCC(=O)[O-])C(=O)NC(CCCC[NH3+])C(=O)NC(CSSc1ccccn1)C(C)=O. The highest BCUT2D eigenvalue weighted by atomic mass is 33.1. The molecule has 1 aromatic rings. The topological polar surface area (TPSA) is 168 Å². The number of quaternary nitrogens is 1. The third kappa shape index (κ3) is 12.0. The number of likely N-dealkylation sites (N-methyl/N-ethyl adjacent to an activating group) is 1. The van der Waals surface area contributed by atoms with Crippen molar-refractivity contribution in [2.75, 3.05) is 19.3 Å². The van der Waals surface area contributed by atoms with Crippen LogP contribution in [0.5, 0.6) is 0 Å². The monoisotopic (exact) mass is 499 g/mol. The van der Waals surface area contributed by atoms with Gasteiger partial charge in [-0.15, -0.1) is 0 Å². The van der Waals surface area contributed by atoms with Gasteiger partial charge in [0.15, 0.2) is 5.78 Å². The Bertz CT molecular complexity index is 769. The Kier molecular flexibility index (Phi) is 14.4. The lowest BCUT2D eigenvalue weighted by Crippen LogP contribution is -2.55. The van der Waals surface area contributed by atoms with Crippen LogP contribution >= 0.6 is 21.6 Å². The zero-order valence-electron chi connectivity index (χ0n) is 19.0. The number of unbranched alkanes of at least 4 members (excludes halogenated alkanes) is 1. The van der Waals surface area contributed by atoms with Crippen LogP contribution in [0.15, 0.2) is 29.4 Å². The van der Waals surface area contributed by atoms with Crippen molar-refractivity contribution in [1.82, 2.24) is 20.9 Å². The van der Waals surface area contributed by atoms with Gasteiger partial charge in [0.1, 0.15) is 11.1 Å². The summed E-state index contributed by atoms with van der Waals surface area (Å²) in [5.41, 5.74) is 3.79. The Morgan fingerprint density at radius 1 is 1.06 bits per heavy atom. The molecule has 1 rings (SSSR count). The number of amides is 2. The number of aliphatic carboxylic acids is 1. The molecule has 0 aromatic carbocycles. The summed E-state index contributed by atoms with van der Waals surface area (Å²) >= 11 is 0. The smallest absolute Gasteiger partial charge is 0.243 e. The van der Waals surface area contributed by atoms with Gasteiger partial charge in [-0.05, 0) is 69.0 Å². The normalized spacial score (nSPS) is 13.5. The van der Waals surface area contributed by atoms with Gasteiger partial charge in [0.05, 0.1) is 18.6 Å². The number of carboxylic acids is 1. The molecule has 0 radical (unpaired) electrons. The highest BCUT2D eigenvalue weighted by molar-refractivity contribution is 8.76. The third-order valence-corrected chi connectivity index (χ3v) is 7.03. The minimum Gasteiger partial charge on any atom is -0.550 e. The van der Waals surface area contributed by atoms with E-state index in [0.29, 0.717) is 25.1 Å². The Hall–Kier alpha value is -2.15. The lowest BCUT2D eigenvalue weighted by molar-refractivity contribution is -0.368. The predicted molar refractivity (Wildman–Crippen MR) is 126 cm³/mol. The van der Waals surface area contributed by atoms with Crippen LogP contribution in [0, 0.1) is 0 Å². The van der Waals surface area contributed by atoms with E-state index in [2.05, 4.69) is 26.7 Å². The molecule has 1 aromatic heterocycles. The second kappa shape index (κ2) is 16.5. The largest absolute Gasteiger partial charge is 0.550 e. The zero-order valence-corrected chi connectivity index (χ0v) is 20.6. The van der Waals surface area contributed by atoms with Crippen LogP contribution in [-0.4, -0.2) is 66.0 Å². The van der Waals surface area contributed by atoms with E-state index in [1.165, 1.54) is 28.5 Å². The minimum absolute atomic E-state index is 0.0370. The summed E-state index contributed by atoms with van der Waals surface area (Å²) in [6.07, 6.45) is 3.26. The number of aromatic nitrogens is 1. The van der Waals surface area contributed by atoms with Crippen molar-refractivity contribution < 1.29 is 30.0 Å². The quantitative estimate of drug-likeness (QED) is 0.154. The predicted octanol–water partition coefficient (Wildman–Crippen LogP) is -1.09. The molecule has 12 heteroatoms. The number of nitrogens with zero attached hydrogens (tertiary/aromatic N) is 1. The molecule has 3 atom stereocenters. The number of carboxylic acid groups (broad SMARTS) is 1. The number of nitrogens with one attached hydrogen (secondary N) is 3. The molecule has 0 saturated heterocycles. The van der Waals surface area contributed by atoms with Crippen LogP contribution in [0.2, 0.25) is 0 Å². The van der Waals surface area contributed by atoms with Crippen LogP contribution in [-0.2, 0) is 19.2 Å². The summed E-state index contributed by atoms with van der Waals surface area (Å²) in [6.45, 7) is 2.11. The number of Topliss-reactive ketones (excluding diaryl/α,β-unsaturated/α-hetero) is 1. The maximum Gasteiger partial charge on any atom is 0.243 e. The highest BCUT2D eigenvalue weighted by Gasteiger charge is 2.27. The Morgan fingerprint density at radius 3 is 2.33 bits per heavy atom. The fourth-order valence-electron chi connectivity index (χ4n) is 2.83. The van der Waals surface area contributed by atoms with Crippen molar-refractivity contribution in [3.8, 4) is 0 Å². The Balaban J connectivity index is 2.75. The number of carbonyl (C=O) groups excluding carboxylic acids is 4. The summed E-state index contributed by atoms with van der Waals surface area (Å²) in [5.74, 6) is -2.04. The molecule has 10 nitrogen and oxygen atoms in total. The first-order valence-electron chi connectivity index (χ1n) is 10.8. The highest BCUT2D eigenvalue weighted by Crippen LogP contribution is 2.29. The van der Waals surface area contributed by atoms with Crippen molar-refractivity contribution in [1.29, 1.82) is 0 Å². The molecule has 33 heavy (non-hydrogen) atoms. The molecule has 0 aliphatic rings. The molecule has 0 aliphatic heterocycles. The van der Waals surface area contributed by atoms with Crippen LogP contribution in [0.1, 0.15) is 39.0 Å². The number of ketones is 1. The Labute approximate surface area is 202 Å². The zero-order chi connectivity index (χ0) is 24.6. The number of hydrogen-bond acceptors (Lipinski definition) is 9. The van der Waals surface area contributed by atoms with Crippen molar-refractivity contribution in [2.24, 2.45) is 0 Å². The Morgan fingerprint density at radius 2 is 1.76 bits per heavy atom. The van der Waals surface area contributed by atoms with E-state index in [4.69, 9.17) is 0 Å². The van der Waals surface area contributed by atoms with E-state index in [9.17, 15) is 24.3 Å². The van der Waals surface area contributed by atoms with Gasteiger partial charge in [0.25, 0.3) is 0 Å². The van der Waals surface area contributed by atoms with Gasteiger partial charge in [-0.25, -0.2) is 4.98 Å². The van der Waals surface area contributed by atoms with Crippen molar-refractivity contribution in [2.45, 2.75) is 62.2 Å². The third-order valence-electron chi connectivity index (χ3n) is 4.75. The van der Waals surface area contributed by atoms with Gasteiger partial charge >= 0.3 is 0 Å². The lowest BCUT2D eigenvalue weighted by atomic mass is 10.1. The summed E-state index contributed by atoms with van der Waals surface area (Å²) in [4.78, 5) is 52.6. The van der Waals surface area contributed by atoms with Gasteiger partial charge in [-0.3, -0.25) is 14.4 Å². The molecule has 3 unspecified atom stereocenters. The molecular weight excluding hydrogens is 466 g/mol. The van der Waals surface area contributed by atoms with E-state index in [1.54, 1.807) is 13.2 Å². The molecule has 0 fully saturated rings. The van der Waals surface area contributed by atoms with Gasteiger partial charge in [-0.2, -0.15) is 0 Å². The minimum atomic E-state index is -1.25. The molecular formula is C21H33N5O5S2. The fraction of sp³-hybridized carbons (Fsp3) is 0.571. The molecule has 0 saturated carbocycles. The van der Waals surface area contributed by atoms with E-state index in [0.717, 1.165) is 11.4 Å². The number of pyridine rings is 1. The lowest BCUT2D eigenvalue weighted by Gasteiger charge is -2.24. The van der Waals surface area contributed by atoms with E-state index >= 15 is 0 Å². The molecule has 184 valence electrons. The first kappa shape index (κ1) is 28.9. The van der Waals surface area contributed by atoms with Gasteiger partial charge in [0, 0.05) is 17.9 Å². The molecule has 6 N–H and O–H groups in total. The molecule has 0 spiro atoms. The average Bonchev–Trinajstić information content (AvgIpc) is 2.78. The van der Waals surface area contributed by atoms with Crippen molar-refractivity contribution in [3.63, 3.8) is 0 Å². The van der Waals surface area contributed by atoms with Crippen LogP contribution in [0.25, 0.3) is 0 Å². The first-order chi connectivity index (χ1) is 15.8. The maximum atomic E-state index is 13.0. The van der Waals surface area contributed by atoms with Gasteiger partial charge < -0.3 is 31.6 Å². The van der Waals surface area contributed by atoms with E-state index in [1.807, 2.05) is 18.2 Å². The fourth-order valence-corrected chi connectivity index (χ4v) is 4.98. The maximum absolute atomic E-state index is 13.0.